The lowest BCUT2D eigenvalue weighted by Crippen LogP contribution is -2.13. The van der Waals surface area contributed by atoms with E-state index in [0.29, 0.717) is 11.4 Å². The molecule has 0 atom stereocenters. The summed E-state index contributed by atoms with van der Waals surface area (Å²) in [6.07, 6.45) is 12.1. The molecule has 0 unspecified atom stereocenters. The van der Waals surface area contributed by atoms with Gasteiger partial charge in [0.1, 0.15) is 6.11 Å². The van der Waals surface area contributed by atoms with Gasteiger partial charge in [0.25, 0.3) is 0 Å². The topological polar surface area (TPSA) is 38.5 Å². The molecule has 13 heavy (non-hydrogen) atoms. The van der Waals surface area contributed by atoms with Crippen LogP contribution in [-0.2, 0) is 4.84 Å². The Kier molecular flexibility index (Phi) is 2.68. The summed E-state index contributed by atoms with van der Waals surface area (Å²) in [4.78, 5) is 4.70. The molecular formula is C10H8N2O. The largest absolute Gasteiger partial charge is 0.399 e. The van der Waals surface area contributed by atoms with Crippen LogP contribution in [0.2, 0.25) is 0 Å². The molecule has 0 fully saturated rings. The molecule has 0 spiro atoms. The second kappa shape index (κ2) is 3.94. The van der Waals surface area contributed by atoms with Crippen molar-refractivity contribution >= 4 is 11.4 Å². The van der Waals surface area contributed by atoms with Crippen LogP contribution in [0.15, 0.2) is 24.3 Å². The van der Waals surface area contributed by atoms with Gasteiger partial charge in [0.15, 0.2) is 0 Å². The van der Waals surface area contributed by atoms with Crippen molar-refractivity contribution in [3.63, 3.8) is 0 Å². The third-order valence-corrected chi connectivity index (χ3v) is 1.39. The summed E-state index contributed by atoms with van der Waals surface area (Å²) >= 11 is 0. The quantitative estimate of drug-likeness (QED) is 0.315. The average molecular weight is 172 g/mol. The monoisotopic (exact) mass is 172 g/mol. The first-order valence-electron chi connectivity index (χ1n) is 3.52. The number of hydrogen-bond donors (Lipinski definition) is 1. The lowest BCUT2D eigenvalue weighted by molar-refractivity contribution is 0.287. The van der Waals surface area contributed by atoms with Crippen molar-refractivity contribution in [1.29, 1.82) is 0 Å². The number of hydrogen-bond acceptors (Lipinski definition) is 3. The third kappa shape index (κ3) is 2.08. The van der Waals surface area contributed by atoms with Gasteiger partial charge in [0, 0.05) is 11.7 Å². The van der Waals surface area contributed by atoms with Crippen molar-refractivity contribution in [2.45, 2.75) is 0 Å². The molecule has 0 aromatic heterocycles. The van der Waals surface area contributed by atoms with Crippen molar-refractivity contribution in [3.05, 3.63) is 24.3 Å². The van der Waals surface area contributed by atoms with Crippen LogP contribution in [0.1, 0.15) is 0 Å². The van der Waals surface area contributed by atoms with E-state index >= 15 is 0 Å². The van der Waals surface area contributed by atoms with E-state index in [4.69, 9.17) is 23.4 Å². The normalized spacial score (nSPS) is 8.15. The molecule has 0 bridgehead atoms. The molecule has 0 aliphatic heterocycles. The van der Waals surface area contributed by atoms with Gasteiger partial charge in [-0.25, -0.2) is 0 Å². The van der Waals surface area contributed by atoms with Gasteiger partial charge >= 0.3 is 0 Å². The van der Waals surface area contributed by atoms with Gasteiger partial charge in [-0.2, -0.15) is 0 Å². The highest BCUT2D eigenvalue weighted by atomic mass is 16.7. The number of rotatable bonds is 2. The summed E-state index contributed by atoms with van der Waals surface area (Å²) in [5, 5.41) is 1.14. The van der Waals surface area contributed by atoms with Crippen molar-refractivity contribution in [2.75, 3.05) is 10.8 Å². The van der Waals surface area contributed by atoms with Crippen molar-refractivity contribution in [2.24, 2.45) is 0 Å². The number of anilines is 2. The van der Waals surface area contributed by atoms with Gasteiger partial charge in [-0.1, -0.05) is 12.8 Å². The molecule has 3 heteroatoms. The Morgan fingerprint density at radius 1 is 1.23 bits per heavy atom. The van der Waals surface area contributed by atoms with Crippen LogP contribution in [0.5, 0.6) is 0 Å². The highest BCUT2D eigenvalue weighted by Crippen LogP contribution is 2.15. The predicted octanol–water partition coefficient (Wildman–Crippen LogP) is 1.19. The molecule has 0 saturated carbocycles. The summed E-state index contributed by atoms with van der Waals surface area (Å²) in [5.74, 6) is 0. The van der Waals surface area contributed by atoms with Gasteiger partial charge in [0.05, 0.1) is 5.69 Å². The zero-order valence-electron chi connectivity index (χ0n) is 6.90. The van der Waals surface area contributed by atoms with Crippen molar-refractivity contribution in [1.82, 2.24) is 0 Å². The van der Waals surface area contributed by atoms with Crippen LogP contribution in [0.25, 0.3) is 0 Å². The molecule has 3 nitrogen and oxygen atoms in total. The predicted molar refractivity (Wildman–Crippen MR) is 52.1 cm³/mol. The standard InChI is InChI=1S/C10H8N2O/c1-3-12(13-4-2)10-7-5-9(11)6-8-10/h1-2,5-8H,11H2. The fraction of sp³-hybridized carbons (Fsp3) is 0. The first kappa shape index (κ1) is 8.83. The molecule has 64 valence electrons. The van der Waals surface area contributed by atoms with Crippen LogP contribution in [0.4, 0.5) is 11.4 Å². The fourth-order valence-corrected chi connectivity index (χ4v) is 0.816. The number of hydroxylamine groups is 1. The number of nitrogens with two attached hydrogens (primary N) is 1. The number of terminal acetylenes is 2. The number of benzene rings is 1. The second-order valence-electron chi connectivity index (χ2n) is 2.22. The molecule has 0 saturated heterocycles. The van der Waals surface area contributed by atoms with Gasteiger partial charge in [-0.15, -0.1) is 5.06 Å². The minimum atomic E-state index is 0.654. The van der Waals surface area contributed by atoms with E-state index in [2.05, 4.69) is 6.04 Å². The Morgan fingerprint density at radius 2 is 1.85 bits per heavy atom. The molecule has 1 aromatic rings. The SMILES string of the molecule is C#CON(C#C)c1ccc(N)cc1. The Bertz CT molecular complexity index is 356. The summed E-state index contributed by atoms with van der Waals surface area (Å²) < 4.78 is 0. The Hall–Kier alpha value is -2.26. The lowest BCUT2D eigenvalue weighted by Gasteiger charge is -2.12. The molecule has 0 heterocycles. The zero-order valence-corrected chi connectivity index (χ0v) is 6.90. The Labute approximate surface area is 77.1 Å². The third-order valence-electron chi connectivity index (χ3n) is 1.39. The Morgan fingerprint density at radius 3 is 2.31 bits per heavy atom. The maximum atomic E-state index is 5.49. The maximum absolute atomic E-state index is 5.49. The van der Waals surface area contributed by atoms with Crippen LogP contribution < -0.4 is 10.8 Å². The average Bonchev–Trinajstić information content (AvgIpc) is 2.16. The number of nitrogens with zero attached hydrogens (tertiary/aromatic N) is 1. The van der Waals surface area contributed by atoms with E-state index in [0.717, 1.165) is 5.06 Å². The van der Waals surface area contributed by atoms with E-state index in [1.54, 1.807) is 24.3 Å². The minimum absolute atomic E-state index is 0.654. The smallest absolute Gasteiger partial charge is 0.144 e. The highest BCUT2D eigenvalue weighted by molar-refractivity contribution is 5.54. The second-order valence-corrected chi connectivity index (χ2v) is 2.22. The minimum Gasteiger partial charge on any atom is -0.399 e. The van der Waals surface area contributed by atoms with Gasteiger partial charge < -0.3 is 10.6 Å². The summed E-state index contributed by atoms with van der Waals surface area (Å²) in [6, 6.07) is 9.11. The summed E-state index contributed by atoms with van der Waals surface area (Å²) in [6.45, 7) is 0. The summed E-state index contributed by atoms with van der Waals surface area (Å²) in [7, 11) is 0. The van der Waals surface area contributed by atoms with Gasteiger partial charge in [-0.05, 0) is 24.3 Å². The van der Waals surface area contributed by atoms with E-state index in [1.807, 2.05) is 6.11 Å². The maximum Gasteiger partial charge on any atom is 0.144 e. The first-order valence-corrected chi connectivity index (χ1v) is 3.52. The molecule has 0 aliphatic rings. The van der Waals surface area contributed by atoms with Crippen LogP contribution >= 0.6 is 0 Å². The fourth-order valence-electron chi connectivity index (χ4n) is 0.816. The molecule has 0 aliphatic carbocycles. The van der Waals surface area contributed by atoms with E-state index in [9.17, 15) is 0 Å². The van der Waals surface area contributed by atoms with Crippen molar-refractivity contribution in [3.8, 4) is 25.0 Å². The van der Waals surface area contributed by atoms with Crippen molar-refractivity contribution < 1.29 is 4.84 Å². The van der Waals surface area contributed by atoms with Crippen LogP contribution in [0.3, 0.4) is 0 Å². The molecule has 0 amide bonds. The highest BCUT2D eigenvalue weighted by Gasteiger charge is 2.01. The van der Waals surface area contributed by atoms with Crippen LogP contribution in [-0.4, -0.2) is 0 Å². The molecule has 1 rings (SSSR count). The molecule has 0 radical (unpaired) electrons. The molecule has 2 N–H and O–H groups in total. The van der Waals surface area contributed by atoms with Crippen LogP contribution in [0, 0.1) is 25.0 Å². The Balaban J connectivity index is 2.89. The van der Waals surface area contributed by atoms with E-state index in [-0.39, 0.29) is 0 Å². The van der Waals surface area contributed by atoms with Gasteiger partial charge in [-0.3, -0.25) is 0 Å². The van der Waals surface area contributed by atoms with Gasteiger partial charge in [0.2, 0.25) is 0 Å². The lowest BCUT2D eigenvalue weighted by atomic mass is 10.3. The first-order chi connectivity index (χ1) is 6.27. The zero-order chi connectivity index (χ0) is 9.68. The summed E-state index contributed by atoms with van der Waals surface area (Å²) in [5.41, 5.74) is 6.81. The van der Waals surface area contributed by atoms with E-state index in [1.165, 1.54) is 0 Å². The number of nitrogen functional groups attached to an aromatic ring is 1. The molecule has 1 aromatic carbocycles. The van der Waals surface area contributed by atoms with E-state index < -0.39 is 0 Å². The molecular weight excluding hydrogens is 164 g/mol.